The second-order valence-electron chi connectivity index (χ2n) is 24.5. The van der Waals surface area contributed by atoms with E-state index >= 15 is 22.0 Å². The van der Waals surface area contributed by atoms with E-state index in [0.717, 1.165) is 40.5 Å². The summed E-state index contributed by atoms with van der Waals surface area (Å²) in [5.41, 5.74) is -0.694. The van der Waals surface area contributed by atoms with Crippen molar-refractivity contribution in [2.75, 3.05) is 76.5 Å². The van der Waals surface area contributed by atoms with Crippen molar-refractivity contribution in [1.29, 1.82) is 0 Å². The van der Waals surface area contributed by atoms with Crippen molar-refractivity contribution >= 4 is 107 Å². The Morgan fingerprint density at radius 2 is 1.15 bits per heavy atom. The summed E-state index contributed by atoms with van der Waals surface area (Å²) in [6.07, 6.45) is -16.6. The number of nitrogens with zero attached hydrogens (tertiary/aromatic N) is 15. The van der Waals surface area contributed by atoms with E-state index in [0.29, 0.717) is 11.1 Å². The predicted molar refractivity (Wildman–Crippen MR) is 394 cm³/mol. The molecule has 5 fully saturated rings. The number of carbonyl (C=O) groups is 2. The third-order valence-electron chi connectivity index (χ3n) is 17.6. The number of aliphatic hydroxyl groups excluding tert-OH is 2. The third-order valence-corrected chi connectivity index (χ3v) is 21.1. The minimum atomic E-state index is -3.44. The van der Waals surface area contributed by atoms with Crippen molar-refractivity contribution in [3.8, 4) is 0 Å². The van der Waals surface area contributed by atoms with Gasteiger partial charge in [-0.2, -0.15) is 0 Å². The number of fused-ring (bicyclic) bond motifs is 6. The number of rotatable bonds is 23. The number of imidazole rings is 2. The second-order valence-corrected chi connectivity index (χ2v) is 28.0. The minimum absolute atomic E-state index is 0.0649. The first-order valence-corrected chi connectivity index (χ1v) is 36.9. The van der Waals surface area contributed by atoms with Crippen LogP contribution in [0.1, 0.15) is 45.6 Å². The Morgan fingerprint density at radius 1 is 0.640 bits per heavy atom. The molecule has 13 heterocycles. The van der Waals surface area contributed by atoms with Crippen LogP contribution < -0.4 is 21.8 Å². The third kappa shape index (κ3) is 16.7. The zero-order valence-corrected chi connectivity index (χ0v) is 60.0. The molecule has 6 N–H and O–H groups in total. The molecular weight excluding hydrogens is 1580 g/mol. The number of ether oxygens (including phenoxy) is 4. The zero-order valence-electron chi connectivity index (χ0n) is 57.4. The van der Waals surface area contributed by atoms with E-state index in [-0.39, 0.29) is 84.7 Å². The fourth-order valence-corrected chi connectivity index (χ4v) is 15.8. The molecule has 0 spiro atoms. The van der Waals surface area contributed by atoms with Crippen LogP contribution in [-0.2, 0) is 59.7 Å². The molecule has 10 aromatic rings. The maximum atomic E-state index is 16.9. The molecule has 7 unspecified atom stereocenters. The van der Waals surface area contributed by atoms with Gasteiger partial charge in [-0.15, -0.1) is 0 Å². The summed E-state index contributed by atoms with van der Waals surface area (Å²) in [6.45, 7) is 18.8. The molecule has 5 aliphatic heterocycles. The number of hydrogen-bond acceptors (Lipinski definition) is 27. The average molecular weight is 1650 g/mol. The highest BCUT2D eigenvalue weighted by Gasteiger charge is 2.58. The molecule has 38 nitrogen and oxygen atoms in total. The Bertz CT molecular complexity index is 5390. The largest absolute Gasteiger partial charge is 0.394 e. The van der Waals surface area contributed by atoms with Gasteiger partial charge in [0.1, 0.15) is 79.9 Å². The van der Waals surface area contributed by atoms with Crippen molar-refractivity contribution in [3.63, 3.8) is 0 Å². The molecule has 8 aromatic heterocycles. The second kappa shape index (κ2) is 35.1. The summed E-state index contributed by atoms with van der Waals surface area (Å²) in [4.78, 5) is 98.1. The standard InChI is InChI=1S/C34H34BF3N10O10P2.C31H32BF3N9O9P/c1-39-8-10-51-59-52-13-20-27(24(38)33(55-20)47-12-19(36)22-29(47)42-16-44-32(22)50)58-60(35,53-11-9-40-2)54-14-21-26(57-59)23(37)34(56-21)48-17-45-25-28(41-15-43-30(25)48)46-31(49)18-6-4-3-5-7-18;1-36-7-8-49-54(32,53-24-17(10-45)51-31(21(24)35)43-9-16(33)19-26(43)38-13-40-29(19)48)50-11-18-23(46)20(34)30(52-18)44-14-41-22-25(37-12-39-27(22)44)42-28(47)15-5-3-2-4-6-15/h3-7,12,15-17,20-21,23-24,26-27,33-34H,8-11,13-14H2,35H3,(H,42,44,50)(H,41,43,46,49);2-6,9,12-14,17-18,20-21,23-24,30-31,45-46H,7-8,10-11H2,32H3,(H,38,40,48)(H,37,39,42,47)/t20-,21-,23+,24+,26?,27?,33-,34-,59?,60?;17-,18-,20+,21+,23?,24?,30-,31-,54?/m11/s1. The van der Waals surface area contributed by atoms with Gasteiger partial charge >= 0.3 is 8.60 Å². The van der Waals surface area contributed by atoms with Gasteiger partial charge in [0.15, 0.2) is 132 Å². The molecule has 5 aliphatic rings. The van der Waals surface area contributed by atoms with Crippen molar-refractivity contribution in [2.45, 2.75) is 98.4 Å². The highest BCUT2D eigenvalue weighted by atomic mass is 31.2. The lowest BCUT2D eigenvalue weighted by atomic mass is 10.1. The first-order valence-electron chi connectivity index (χ1n) is 33.7. The first kappa shape index (κ1) is 80.8. The molecule has 2 aromatic carbocycles. The van der Waals surface area contributed by atoms with Gasteiger partial charge in [-0.1, -0.05) is 36.4 Å². The quantitative estimate of drug-likeness (QED) is 0.0168. The van der Waals surface area contributed by atoms with Crippen molar-refractivity contribution in [2.24, 2.45) is 0 Å². The number of amides is 2. The highest BCUT2D eigenvalue weighted by molar-refractivity contribution is 7.86. The first-order chi connectivity index (χ1) is 55.1. The molecule has 0 bridgehead atoms. The predicted octanol–water partition coefficient (Wildman–Crippen LogP) is 4.55. The molecule has 5 saturated heterocycles. The summed E-state index contributed by atoms with van der Waals surface area (Å²) in [5.74, 6) is -2.70. The van der Waals surface area contributed by atoms with Crippen LogP contribution in [0.3, 0.4) is 0 Å². The van der Waals surface area contributed by atoms with Crippen LogP contribution in [0.2, 0.25) is 0 Å². The van der Waals surface area contributed by atoms with Crippen LogP contribution in [-0.4, -0.2) is 245 Å². The Morgan fingerprint density at radius 3 is 1.71 bits per heavy atom. The summed E-state index contributed by atoms with van der Waals surface area (Å²) in [5, 5.41) is 25.6. The van der Waals surface area contributed by atoms with E-state index in [1.165, 1.54) is 28.1 Å². The number of alkyl halides is 4. The van der Waals surface area contributed by atoms with Gasteiger partial charge in [0.05, 0.1) is 38.5 Å². The maximum Gasteiger partial charge on any atom is 0.333 e. The number of anilines is 2. The molecule has 15 rings (SSSR count). The Hall–Kier alpha value is -9.81. The molecule has 114 heavy (non-hydrogen) atoms. The van der Waals surface area contributed by atoms with Crippen LogP contribution in [0.4, 0.5) is 38.0 Å². The van der Waals surface area contributed by atoms with Crippen molar-refractivity contribution < 1.29 is 106 Å². The van der Waals surface area contributed by atoms with E-state index in [1.807, 2.05) is 0 Å². The van der Waals surface area contributed by atoms with Crippen LogP contribution in [0.15, 0.2) is 121 Å². The van der Waals surface area contributed by atoms with Gasteiger partial charge in [-0.05, 0) is 24.3 Å². The van der Waals surface area contributed by atoms with Crippen LogP contribution in [0.25, 0.3) is 58.9 Å². The average Bonchev–Trinajstić information content (AvgIpc) is 1.61. The number of aromatic amines is 2. The Balaban J connectivity index is 0.000000190. The van der Waals surface area contributed by atoms with Gasteiger partial charge in [-0.25, -0.2) is 113 Å². The molecule has 0 aliphatic carbocycles. The monoisotopic (exact) mass is 1650 g/mol. The van der Waals surface area contributed by atoms with Crippen LogP contribution >= 0.6 is 24.2 Å². The fraction of sp³-hybridized carbons (Fsp3) is 0.400. The molecular formula is C65H66B2F6N19O19P3. The molecule has 19 atom stereocenters. The van der Waals surface area contributed by atoms with E-state index in [2.05, 4.69) is 75.0 Å². The van der Waals surface area contributed by atoms with Crippen molar-refractivity contribution in [1.82, 2.24) is 68.1 Å². The SMILES string of the molecule is [BH3-][P+](OCC[N+]#[C-])(OC[C@H]1O[C@@H](n2cnc3c(NC(=O)c4ccccc4)ncnc32)[C@@H](F)C1O)OC1[C@@H](CO)O[C@@H](n2cc(F)c3c(=O)[nH]cnc32)[C@H]1F.[BH3-][P+]1(OCC[N+]#[C-])OC[C@H]2O[C@@H](n3cnc4c(NC(=O)c5ccccc5)ncnc43)[C@@H](F)C2OP(OCC[N+]#[C-])OC[C@H]2O[C@@H](n3cc(F)c4c(=O)[nH]cnc43)[C@@H](F)C2O1. The lowest BCUT2D eigenvalue weighted by Crippen LogP contribution is -2.38. The lowest BCUT2D eigenvalue weighted by Gasteiger charge is -2.32. The maximum absolute atomic E-state index is 16.9. The van der Waals surface area contributed by atoms with E-state index in [4.69, 9.17) is 79.4 Å². The number of carbonyl (C=O) groups excluding carboxylic acids is 2. The van der Waals surface area contributed by atoms with E-state index in [9.17, 15) is 33.8 Å². The Labute approximate surface area is 642 Å². The number of benzene rings is 2. The lowest BCUT2D eigenvalue weighted by molar-refractivity contribution is -0.0613. The number of aliphatic hydroxyl groups is 2. The van der Waals surface area contributed by atoms with E-state index in [1.54, 1.807) is 60.7 Å². The number of H-pyrrole nitrogens is 2. The Kier molecular flexibility index (Phi) is 24.9. The fourth-order valence-electron chi connectivity index (χ4n) is 12.4. The minimum Gasteiger partial charge on any atom is -0.394 e. The molecule has 0 saturated carbocycles. The topological polar surface area (TPSA) is 420 Å². The number of hydrogen-bond donors (Lipinski definition) is 6. The summed E-state index contributed by atoms with van der Waals surface area (Å²) in [7, 11) is -11.7. The summed E-state index contributed by atoms with van der Waals surface area (Å²) in [6, 6.07) is 16.8. The van der Waals surface area contributed by atoms with Crippen LogP contribution in [0, 0.1) is 31.4 Å². The number of nitrogens with one attached hydrogen (secondary N) is 4. The van der Waals surface area contributed by atoms with Gasteiger partial charge < -0.3 is 77.9 Å². The number of halogens is 6. The summed E-state index contributed by atoms with van der Waals surface area (Å²) >= 11 is 0. The van der Waals surface area contributed by atoms with Crippen molar-refractivity contribution in [3.05, 3.63) is 189 Å². The molecule has 598 valence electrons. The normalized spacial score (nSPS) is 28.1. The van der Waals surface area contributed by atoms with Gasteiger partial charge in [0.2, 0.25) is 50.4 Å². The smallest absolute Gasteiger partial charge is 0.333 e. The number of aromatic nitrogens is 14. The van der Waals surface area contributed by atoms with E-state index < -0.39 is 210 Å². The highest BCUT2D eigenvalue weighted by Crippen LogP contribution is 2.63. The van der Waals surface area contributed by atoms with Crippen LogP contribution in [0.5, 0.6) is 0 Å². The van der Waals surface area contributed by atoms with Gasteiger partial charge in [0, 0.05) is 23.5 Å². The molecule has 0 radical (unpaired) electrons. The van der Waals surface area contributed by atoms with Gasteiger partial charge in [-0.3, -0.25) is 37.4 Å². The van der Waals surface area contributed by atoms with Gasteiger partial charge in [0.25, 0.3) is 22.9 Å². The zero-order chi connectivity index (χ0) is 80.1. The molecule has 49 heteroatoms. The molecule has 2 amide bonds. The summed E-state index contributed by atoms with van der Waals surface area (Å²) < 4.78 is 179.